The molecule has 0 saturated carbocycles. The number of benzene rings is 2. The highest BCUT2D eigenvalue weighted by Gasteiger charge is 2.20. The quantitative estimate of drug-likeness (QED) is 0.829. The zero-order valence-corrected chi connectivity index (χ0v) is 15.5. The fraction of sp³-hybridized carbons (Fsp3) is 0.350. The van der Waals surface area contributed by atoms with Gasteiger partial charge in [-0.1, -0.05) is 29.8 Å². The van der Waals surface area contributed by atoms with Crippen LogP contribution in [0, 0.1) is 20.8 Å². The van der Waals surface area contributed by atoms with Crippen molar-refractivity contribution in [1.82, 2.24) is 4.90 Å². The molecule has 0 spiro atoms. The monoisotopic (exact) mass is 339 g/mol. The molecule has 2 aromatic rings. The summed E-state index contributed by atoms with van der Waals surface area (Å²) in [5.41, 5.74) is 6.33. The molecule has 1 aliphatic heterocycles. The maximum Gasteiger partial charge on any atom is 0.173 e. The molecule has 3 nitrogen and oxygen atoms in total. The minimum Gasteiger partial charge on any atom is -0.368 e. The largest absolute Gasteiger partial charge is 0.368 e. The van der Waals surface area contributed by atoms with E-state index in [-0.39, 0.29) is 0 Å². The van der Waals surface area contributed by atoms with Crippen LogP contribution < -0.4 is 10.2 Å². The van der Waals surface area contributed by atoms with Crippen LogP contribution in [0.5, 0.6) is 0 Å². The Balaban J connectivity index is 1.59. The van der Waals surface area contributed by atoms with E-state index in [0.717, 1.165) is 37.0 Å². The Kier molecular flexibility index (Phi) is 5.05. The lowest BCUT2D eigenvalue weighted by Crippen LogP contribution is -2.50. The number of thiocarbonyl (C=S) groups is 1. The van der Waals surface area contributed by atoms with Crippen molar-refractivity contribution in [3.05, 3.63) is 59.2 Å². The Bertz CT molecular complexity index is 716. The molecule has 3 rings (SSSR count). The minimum atomic E-state index is 0.819. The maximum absolute atomic E-state index is 5.59. The highest BCUT2D eigenvalue weighted by molar-refractivity contribution is 7.80. The SMILES string of the molecule is Cc1ccc(NC(=S)N2CCN(c3cc(C)ccc3C)CC2)cc1. The van der Waals surface area contributed by atoms with Gasteiger partial charge in [0.15, 0.2) is 5.11 Å². The Morgan fingerprint density at radius 1 is 0.875 bits per heavy atom. The molecule has 0 radical (unpaired) electrons. The van der Waals surface area contributed by atoms with Gasteiger partial charge in [-0.3, -0.25) is 0 Å². The normalized spacial score (nSPS) is 14.6. The predicted octanol–water partition coefficient (Wildman–Crippen LogP) is 4.13. The molecule has 1 saturated heterocycles. The van der Waals surface area contributed by atoms with Gasteiger partial charge in [0.05, 0.1) is 0 Å². The first kappa shape index (κ1) is 16.8. The molecule has 24 heavy (non-hydrogen) atoms. The number of hydrogen-bond acceptors (Lipinski definition) is 2. The van der Waals surface area contributed by atoms with Crippen molar-refractivity contribution in [2.45, 2.75) is 20.8 Å². The van der Waals surface area contributed by atoms with Crippen molar-refractivity contribution < 1.29 is 0 Å². The fourth-order valence-corrected chi connectivity index (χ4v) is 3.35. The van der Waals surface area contributed by atoms with Gasteiger partial charge in [0, 0.05) is 37.6 Å². The van der Waals surface area contributed by atoms with Crippen molar-refractivity contribution >= 4 is 28.7 Å². The lowest BCUT2D eigenvalue weighted by molar-refractivity contribution is 0.390. The number of rotatable bonds is 2. The van der Waals surface area contributed by atoms with Gasteiger partial charge in [-0.2, -0.15) is 0 Å². The number of hydrogen-bond donors (Lipinski definition) is 1. The molecule has 0 unspecified atom stereocenters. The van der Waals surface area contributed by atoms with Crippen molar-refractivity contribution in [2.75, 3.05) is 36.4 Å². The smallest absolute Gasteiger partial charge is 0.173 e. The minimum absolute atomic E-state index is 0.819. The van der Waals surface area contributed by atoms with E-state index in [0.29, 0.717) is 0 Å². The molecular weight excluding hydrogens is 314 g/mol. The molecule has 0 aliphatic carbocycles. The lowest BCUT2D eigenvalue weighted by atomic mass is 10.1. The molecule has 0 amide bonds. The number of aryl methyl sites for hydroxylation is 3. The van der Waals surface area contributed by atoms with Gasteiger partial charge >= 0.3 is 0 Å². The van der Waals surface area contributed by atoms with Crippen LogP contribution in [-0.4, -0.2) is 36.2 Å². The van der Waals surface area contributed by atoms with Gasteiger partial charge < -0.3 is 15.1 Å². The molecule has 0 atom stereocenters. The Hall–Kier alpha value is -2.07. The highest BCUT2D eigenvalue weighted by Crippen LogP contribution is 2.23. The molecule has 0 aromatic heterocycles. The Labute approximate surface area is 150 Å². The molecule has 2 aromatic carbocycles. The van der Waals surface area contributed by atoms with Gasteiger partial charge in [-0.25, -0.2) is 0 Å². The van der Waals surface area contributed by atoms with Crippen LogP contribution in [0.25, 0.3) is 0 Å². The molecular formula is C20H25N3S. The maximum atomic E-state index is 5.59. The van der Waals surface area contributed by atoms with Crippen molar-refractivity contribution in [3.63, 3.8) is 0 Å². The summed E-state index contributed by atoms with van der Waals surface area (Å²) in [4.78, 5) is 4.73. The summed E-state index contributed by atoms with van der Waals surface area (Å²) in [6, 6.07) is 15.0. The Morgan fingerprint density at radius 2 is 1.50 bits per heavy atom. The van der Waals surface area contributed by atoms with Crippen molar-refractivity contribution in [1.29, 1.82) is 0 Å². The first-order valence-corrected chi connectivity index (χ1v) is 8.88. The number of anilines is 2. The van der Waals surface area contributed by atoms with Crippen LogP contribution in [0.3, 0.4) is 0 Å². The van der Waals surface area contributed by atoms with E-state index >= 15 is 0 Å². The van der Waals surface area contributed by atoms with Crippen LogP contribution in [0.15, 0.2) is 42.5 Å². The van der Waals surface area contributed by atoms with E-state index < -0.39 is 0 Å². The zero-order chi connectivity index (χ0) is 17.1. The van der Waals surface area contributed by atoms with E-state index in [1.807, 2.05) is 0 Å². The summed E-state index contributed by atoms with van der Waals surface area (Å²) in [5.74, 6) is 0. The van der Waals surface area contributed by atoms with Gasteiger partial charge in [0.1, 0.15) is 0 Å². The van der Waals surface area contributed by atoms with Gasteiger partial charge in [-0.15, -0.1) is 0 Å². The summed E-state index contributed by atoms with van der Waals surface area (Å²) in [6.07, 6.45) is 0. The van der Waals surface area contributed by atoms with E-state index in [9.17, 15) is 0 Å². The third-order valence-corrected chi connectivity index (χ3v) is 4.94. The van der Waals surface area contributed by atoms with E-state index in [2.05, 4.69) is 78.4 Å². The van der Waals surface area contributed by atoms with Gasteiger partial charge in [0.25, 0.3) is 0 Å². The summed E-state index contributed by atoms with van der Waals surface area (Å²) in [7, 11) is 0. The molecule has 1 N–H and O–H groups in total. The standard InChI is InChI=1S/C20H25N3S/c1-15-5-8-18(9-6-15)21-20(24)23-12-10-22(11-13-23)19-14-16(2)4-7-17(19)3/h4-9,14H,10-13H2,1-3H3,(H,21,24). The lowest BCUT2D eigenvalue weighted by Gasteiger charge is -2.38. The topological polar surface area (TPSA) is 18.5 Å². The van der Waals surface area contributed by atoms with Crippen molar-refractivity contribution in [3.8, 4) is 0 Å². The fourth-order valence-electron chi connectivity index (χ4n) is 3.05. The summed E-state index contributed by atoms with van der Waals surface area (Å²) in [5, 5.41) is 4.17. The average Bonchev–Trinajstić information content (AvgIpc) is 2.59. The summed E-state index contributed by atoms with van der Waals surface area (Å²) >= 11 is 5.59. The van der Waals surface area contributed by atoms with Crippen LogP contribution in [-0.2, 0) is 0 Å². The second-order valence-electron chi connectivity index (χ2n) is 6.56. The first-order valence-electron chi connectivity index (χ1n) is 8.48. The van der Waals surface area contributed by atoms with Gasteiger partial charge in [0.2, 0.25) is 0 Å². The number of nitrogens with one attached hydrogen (secondary N) is 1. The van der Waals surface area contributed by atoms with E-state index in [4.69, 9.17) is 12.2 Å². The number of nitrogens with zero attached hydrogens (tertiary/aromatic N) is 2. The average molecular weight is 340 g/mol. The van der Waals surface area contributed by atoms with E-state index in [1.165, 1.54) is 22.4 Å². The molecule has 1 fully saturated rings. The van der Waals surface area contributed by atoms with Crippen LogP contribution >= 0.6 is 12.2 Å². The molecule has 1 aliphatic rings. The van der Waals surface area contributed by atoms with E-state index in [1.54, 1.807) is 0 Å². The third-order valence-electron chi connectivity index (χ3n) is 4.58. The Morgan fingerprint density at radius 3 is 2.17 bits per heavy atom. The third kappa shape index (κ3) is 3.88. The zero-order valence-electron chi connectivity index (χ0n) is 14.7. The molecule has 1 heterocycles. The summed E-state index contributed by atoms with van der Waals surface area (Å²) in [6.45, 7) is 10.3. The van der Waals surface area contributed by atoms with Crippen LogP contribution in [0.2, 0.25) is 0 Å². The highest BCUT2D eigenvalue weighted by atomic mass is 32.1. The molecule has 4 heteroatoms. The summed E-state index contributed by atoms with van der Waals surface area (Å²) < 4.78 is 0. The molecule has 126 valence electrons. The number of piperazine rings is 1. The van der Waals surface area contributed by atoms with Crippen LogP contribution in [0.1, 0.15) is 16.7 Å². The predicted molar refractivity (Wildman–Crippen MR) is 107 cm³/mol. The van der Waals surface area contributed by atoms with Crippen molar-refractivity contribution in [2.24, 2.45) is 0 Å². The molecule has 0 bridgehead atoms. The van der Waals surface area contributed by atoms with Crippen LogP contribution in [0.4, 0.5) is 11.4 Å². The van der Waals surface area contributed by atoms with Gasteiger partial charge in [-0.05, 0) is 62.3 Å². The first-order chi connectivity index (χ1) is 11.5. The second kappa shape index (κ2) is 7.22. The second-order valence-corrected chi connectivity index (χ2v) is 6.95.